The maximum atomic E-state index is 13.1. The zero-order valence-electron chi connectivity index (χ0n) is 16.6. The van der Waals surface area contributed by atoms with E-state index in [1.165, 1.54) is 24.3 Å². The molecule has 3 rings (SSSR count). The monoisotopic (exact) mass is 398 g/mol. The van der Waals surface area contributed by atoms with Gasteiger partial charge in [-0.15, -0.1) is 0 Å². The lowest BCUT2D eigenvalue weighted by molar-refractivity contribution is -0.135. The molecule has 1 aliphatic rings. The Morgan fingerprint density at radius 1 is 1.17 bits per heavy atom. The number of aliphatic hydroxyl groups is 1. The molecule has 2 amide bonds. The summed E-state index contributed by atoms with van der Waals surface area (Å²) in [4.78, 5) is 27.0. The Morgan fingerprint density at radius 2 is 1.86 bits per heavy atom. The SMILES string of the molecule is CC(O)(CNC(=O)C1CCCN(C(=O)Cc2ccccc2)C1)c1ccc(F)cc1. The third kappa shape index (κ3) is 5.64. The lowest BCUT2D eigenvalue weighted by Gasteiger charge is -2.33. The highest BCUT2D eigenvalue weighted by Gasteiger charge is 2.30. The summed E-state index contributed by atoms with van der Waals surface area (Å²) in [6.07, 6.45) is 1.81. The largest absolute Gasteiger partial charge is 0.384 e. The number of nitrogens with one attached hydrogen (secondary N) is 1. The standard InChI is InChI=1S/C23H27FN2O3/c1-23(29,19-9-11-20(24)12-10-19)16-25-22(28)18-8-5-13-26(15-18)21(27)14-17-6-3-2-4-7-17/h2-4,6-7,9-12,18,29H,5,8,13-16H2,1H3,(H,25,28). The van der Waals surface area contributed by atoms with Crippen LogP contribution in [0.5, 0.6) is 0 Å². The van der Waals surface area contributed by atoms with E-state index in [9.17, 15) is 19.1 Å². The third-order valence-corrected chi connectivity index (χ3v) is 5.42. The highest BCUT2D eigenvalue weighted by atomic mass is 19.1. The van der Waals surface area contributed by atoms with Gasteiger partial charge in [0, 0.05) is 13.1 Å². The summed E-state index contributed by atoms with van der Waals surface area (Å²) >= 11 is 0. The van der Waals surface area contributed by atoms with Crippen LogP contribution in [0.25, 0.3) is 0 Å². The minimum absolute atomic E-state index is 0.0198. The molecule has 2 aromatic rings. The lowest BCUT2D eigenvalue weighted by Crippen LogP contribution is -2.48. The number of hydrogen-bond donors (Lipinski definition) is 2. The number of rotatable bonds is 6. The van der Waals surface area contributed by atoms with Gasteiger partial charge in [-0.2, -0.15) is 0 Å². The van der Waals surface area contributed by atoms with Gasteiger partial charge in [0.25, 0.3) is 0 Å². The predicted molar refractivity (Wildman–Crippen MR) is 108 cm³/mol. The Bertz CT molecular complexity index is 837. The molecule has 2 N–H and O–H groups in total. The first kappa shape index (κ1) is 21.0. The Labute approximate surface area is 170 Å². The van der Waals surface area contributed by atoms with Gasteiger partial charge in [0.05, 0.1) is 18.9 Å². The smallest absolute Gasteiger partial charge is 0.227 e. The Balaban J connectivity index is 1.54. The molecule has 154 valence electrons. The second-order valence-corrected chi connectivity index (χ2v) is 7.84. The molecule has 0 bridgehead atoms. The summed E-state index contributed by atoms with van der Waals surface area (Å²) in [7, 11) is 0. The molecular formula is C23H27FN2O3. The molecule has 2 unspecified atom stereocenters. The van der Waals surface area contributed by atoms with Crippen LogP contribution < -0.4 is 5.32 Å². The number of hydrogen-bond acceptors (Lipinski definition) is 3. The van der Waals surface area contributed by atoms with Crippen molar-refractivity contribution < 1.29 is 19.1 Å². The van der Waals surface area contributed by atoms with Crippen LogP contribution >= 0.6 is 0 Å². The first-order chi connectivity index (χ1) is 13.8. The molecule has 29 heavy (non-hydrogen) atoms. The van der Waals surface area contributed by atoms with Gasteiger partial charge in [-0.05, 0) is 43.0 Å². The maximum absolute atomic E-state index is 13.1. The Hall–Kier alpha value is -2.73. The molecule has 1 fully saturated rings. The molecule has 2 atom stereocenters. The average molecular weight is 398 g/mol. The van der Waals surface area contributed by atoms with Crippen molar-refractivity contribution in [2.24, 2.45) is 5.92 Å². The molecule has 2 aromatic carbocycles. The van der Waals surface area contributed by atoms with Gasteiger partial charge >= 0.3 is 0 Å². The number of piperidine rings is 1. The second-order valence-electron chi connectivity index (χ2n) is 7.84. The average Bonchev–Trinajstić information content (AvgIpc) is 2.73. The molecular weight excluding hydrogens is 371 g/mol. The van der Waals surface area contributed by atoms with E-state index in [0.29, 0.717) is 31.5 Å². The molecule has 0 spiro atoms. The van der Waals surface area contributed by atoms with Crippen molar-refractivity contribution in [2.75, 3.05) is 19.6 Å². The maximum Gasteiger partial charge on any atom is 0.227 e. The fraction of sp³-hybridized carbons (Fsp3) is 0.391. The lowest BCUT2D eigenvalue weighted by atomic mass is 9.94. The van der Waals surface area contributed by atoms with Gasteiger partial charge in [-0.1, -0.05) is 42.5 Å². The number of halogens is 1. The van der Waals surface area contributed by atoms with E-state index in [-0.39, 0.29) is 30.1 Å². The van der Waals surface area contributed by atoms with Gasteiger partial charge in [0.2, 0.25) is 11.8 Å². The van der Waals surface area contributed by atoms with Crippen LogP contribution in [0.2, 0.25) is 0 Å². The van der Waals surface area contributed by atoms with E-state index in [2.05, 4.69) is 5.32 Å². The van der Waals surface area contributed by atoms with E-state index >= 15 is 0 Å². The van der Waals surface area contributed by atoms with Gasteiger partial charge < -0.3 is 15.3 Å². The van der Waals surface area contributed by atoms with Crippen molar-refractivity contribution in [1.82, 2.24) is 10.2 Å². The minimum Gasteiger partial charge on any atom is -0.384 e. The van der Waals surface area contributed by atoms with Crippen molar-refractivity contribution in [2.45, 2.75) is 31.8 Å². The Morgan fingerprint density at radius 3 is 2.55 bits per heavy atom. The van der Waals surface area contributed by atoms with E-state index < -0.39 is 5.60 Å². The summed E-state index contributed by atoms with van der Waals surface area (Å²) < 4.78 is 13.1. The van der Waals surface area contributed by atoms with Crippen molar-refractivity contribution in [1.29, 1.82) is 0 Å². The van der Waals surface area contributed by atoms with Crippen LogP contribution in [0, 0.1) is 11.7 Å². The van der Waals surface area contributed by atoms with Gasteiger partial charge in [0.1, 0.15) is 11.4 Å². The number of nitrogens with zero attached hydrogens (tertiary/aromatic N) is 1. The van der Waals surface area contributed by atoms with Gasteiger partial charge in [-0.25, -0.2) is 4.39 Å². The molecule has 1 aliphatic heterocycles. The fourth-order valence-corrected chi connectivity index (χ4v) is 3.61. The quantitative estimate of drug-likeness (QED) is 0.786. The normalized spacial score (nSPS) is 18.7. The molecule has 1 saturated heterocycles. The van der Waals surface area contributed by atoms with Crippen molar-refractivity contribution in [3.63, 3.8) is 0 Å². The second kappa shape index (κ2) is 9.18. The fourth-order valence-electron chi connectivity index (χ4n) is 3.61. The van der Waals surface area contributed by atoms with Crippen LogP contribution in [0.4, 0.5) is 4.39 Å². The molecule has 1 heterocycles. The number of carbonyl (C=O) groups is 2. The van der Waals surface area contributed by atoms with Crippen LogP contribution in [0.15, 0.2) is 54.6 Å². The third-order valence-electron chi connectivity index (χ3n) is 5.42. The molecule has 0 saturated carbocycles. The van der Waals surface area contributed by atoms with E-state index in [1.807, 2.05) is 30.3 Å². The van der Waals surface area contributed by atoms with Crippen LogP contribution in [0.3, 0.4) is 0 Å². The van der Waals surface area contributed by atoms with Crippen molar-refractivity contribution in [3.8, 4) is 0 Å². The van der Waals surface area contributed by atoms with Gasteiger partial charge in [-0.3, -0.25) is 9.59 Å². The first-order valence-electron chi connectivity index (χ1n) is 9.93. The Kier molecular flexibility index (Phi) is 6.64. The van der Waals surface area contributed by atoms with E-state index in [0.717, 1.165) is 12.0 Å². The zero-order chi connectivity index (χ0) is 20.9. The highest BCUT2D eigenvalue weighted by Crippen LogP contribution is 2.22. The van der Waals surface area contributed by atoms with Crippen LogP contribution in [0.1, 0.15) is 30.9 Å². The summed E-state index contributed by atoms with van der Waals surface area (Å²) in [6.45, 7) is 2.64. The summed E-state index contributed by atoms with van der Waals surface area (Å²) in [5.41, 5.74) is 0.183. The summed E-state index contributed by atoms with van der Waals surface area (Å²) in [5, 5.41) is 13.4. The van der Waals surface area contributed by atoms with Crippen LogP contribution in [-0.2, 0) is 21.6 Å². The van der Waals surface area contributed by atoms with Crippen molar-refractivity contribution in [3.05, 3.63) is 71.5 Å². The molecule has 0 aliphatic carbocycles. The number of carbonyl (C=O) groups excluding carboxylic acids is 2. The molecule has 0 radical (unpaired) electrons. The van der Waals surface area contributed by atoms with Crippen LogP contribution in [-0.4, -0.2) is 41.5 Å². The first-order valence-corrected chi connectivity index (χ1v) is 9.93. The summed E-state index contributed by atoms with van der Waals surface area (Å²) in [5.74, 6) is -0.833. The summed E-state index contributed by atoms with van der Waals surface area (Å²) in [6, 6.07) is 15.1. The minimum atomic E-state index is -1.30. The highest BCUT2D eigenvalue weighted by molar-refractivity contribution is 5.82. The number of likely N-dealkylation sites (tertiary alicyclic amines) is 1. The number of benzene rings is 2. The zero-order valence-corrected chi connectivity index (χ0v) is 16.6. The topological polar surface area (TPSA) is 69.6 Å². The molecule has 6 heteroatoms. The molecule has 5 nitrogen and oxygen atoms in total. The van der Waals surface area contributed by atoms with Gasteiger partial charge in [0.15, 0.2) is 0 Å². The van der Waals surface area contributed by atoms with E-state index in [4.69, 9.17) is 0 Å². The van der Waals surface area contributed by atoms with Crippen molar-refractivity contribution >= 4 is 11.8 Å². The van der Waals surface area contributed by atoms with E-state index in [1.54, 1.807) is 11.8 Å². The molecule has 0 aromatic heterocycles. The predicted octanol–water partition coefficient (Wildman–Crippen LogP) is 2.63. The number of amides is 2.